The van der Waals surface area contributed by atoms with Crippen molar-refractivity contribution in [3.8, 4) is 11.8 Å². The Morgan fingerprint density at radius 2 is 2.04 bits per heavy atom. The Bertz CT molecular complexity index is 782. The van der Waals surface area contributed by atoms with Crippen molar-refractivity contribution in [1.29, 1.82) is 0 Å². The van der Waals surface area contributed by atoms with Gasteiger partial charge < -0.3 is 10.1 Å². The summed E-state index contributed by atoms with van der Waals surface area (Å²) in [6.07, 6.45) is 1.02. The lowest BCUT2D eigenvalue weighted by Crippen LogP contribution is -2.17. The molecule has 24 heavy (non-hydrogen) atoms. The molecule has 0 fully saturated rings. The molecule has 1 heterocycles. The van der Waals surface area contributed by atoms with Crippen molar-refractivity contribution < 1.29 is 14.7 Å². The monoisotopic (exact) mass is 324 g/mol. The minimum Gasteiger partial charge on any atom is -0.478 e. The molecule has 0 atom stereocenters. The lowest BCUT2D eigenvalue weighted by Gasteiger charge is -2.12. The van der Waals surface area contributed by atoms with Crippen LogP contribution < -0.4 is 0 Å². The highest BCUT2D eigenvalue weighted by atomic mass is 16.4. The first-order chi connectivity index (χ1) is 11.6. The number of benzene rings is 1. The lowest BCUT2D eigenvalue weighted by molar-refractivity contribution is 0.0693. The highest BCUT2D eigenvalue weighted by Gasteiger charge is 2.20. The number of nitrogens with zero attached hydrogens (tertiary/aromatic N) is 1. The molecule has 5 heteroatoms. The molecule has 0 saturated carbocycles. The smallest absolute Gasteiger partial charge is 0.338 e. The summed E-state index contributed by atoms with van der Waals surface area (Å²) in [5, 5.41) is 9.26. The first-order valence-corrected chi connectivity index (χ1v) is 7.71. The molecular formula is C19H20N2O3. The van der Waals surface area contributed by atoms with Gasteiger partial charge in [0.05, 0.1) is 23.5 Å². The standard InChI is InChI=1S/C19H20N2O3/c1-3-15-16(20-17(13-22)18(15)19(23)24)10-7-11-21(2)12-14-8-5-4-6-9-14/h4-6,8-9,13,20H,3,11-12H2,1-2H3,(H,23,24). The van der Waals surface area contributed by atoms with Crippen LogP contribution in [0.15, 0.2) is 30.3 Å². The number of H-pyrrole nitrogens is 1. The Labute approximate surface area is 141 Å². The van der Waals surface area contributed by atoms with E-state index in [4.69, 9.17) is 0 Å². The Balaban J connectivity index is 2.13. The summed E-state index contributed by atoms with van der Waals surface area (Å²) in [5.74, 6) is 4.89. The van der Waals surface area contributed by atoms with Crippen molar-refractivity contribution in [3.05, 3.63) is 58.4 Å². The van der Waals surface area contributed by atoms with Crippen LogP contribution in [0.25, 0.3) is 0 Å². The van der Waals surface area contributed by atoms with E-state index < -0.39 is 5.97 Å². The van der Waals surface area contributed by atoms with Crippen LogP contribution in [0.4, 0.5) is 0 Å². The van der Waals surface area contributed by atoms with Gasteiger partial charge >= 0.3 is 5.97 Å². The number of carboxylic acids is 1. The summed E-state index contributed by atoms with van der Waals surface area (Å²) < 4.78 is 0. The largest absolute Gasteiger partial charge is 0.478 e. The van der Waals surface area contributed by atoms with Gasteiger partial charge in [-0.15, -0.1) is 0 Å². The number of aromatic carboxylic acids is 1. The highest BCUT2D eigenvalue weighted by molar-refractivity contribution is 5.98. The molecule has 0 saturated heterocycles. The molecule has 5 nitrogen and oxygen atoms in total. The van der Waals surface area contributed by atoms with Gasteiger partial charge in [0.15, 0.2) is 6.29 Å². The Morgan fingerprint density at radius 1 is 1.33 bits per heavy atom. The summed E-state index contributed by atoms with van der Waals surface area (Å²) >= 11 is 0. The Kier molecular flexibility index (Phi) is 5.94. The predicted octanol–water partition coefficient (Wildman–Crippen LogP) is 2.57. The fourth-order valence-electron chi connectivity index (χ4n) is 2.57. The van der Waals surface area contributed by atoms with E-state index in [-0.39, 0.29) is 11.3 Å². The lowest BCUT2D eigenvalue weighted by atomic mass is 10.1. The normalized spacial score (nSPS) is 10.3. The van der Waals surface area contributed by atoms with E-state index in [1.54, 1.807) is 0 Å². The van der Waals surface area contributed by atoms with Crippen molar-refractivity contribution in [1.82, 2.24) is 9.88 Å². The fourth-order valence-corrected chi connectivity index (χ4v) is 2.57. The summed E-state index contributed by atoms with van der Waals surface area (Å²) in [5.41, 5.74) is 2.37. The topological polar surface area (TPSA) is 73.4 Å². The number of rotatable bonds is 6. The van der Waals surface area contributed by atoms with Crippen LogP contribution in [-0.2, 0) is 13.0 Å². The van der Waals surface area contributed by atoms with Crippen molar-refractivity contribution >= 4 is 12.3 Å². The maximum absolute atomic E-state index is 11.3. The van der Waals surface area contributed by atoms with Gasteiger partial charge in [0.1, 0.15) is 0 Å². The van der Waals surface area contributed by atoms with Crippen LogP contribution in [0.3, 0.4) is 0 Å². The van der Waals surface area contributed by atoms with Crippen LogP contribution in [0, 0.1) is 11.8 Å². The number of hydrogen-bond donors (Lipinski definition) is 2. The third-order valence-corrected chi connectivity index (χ3v) is 3.68. The average molecular weight is 324 g/mol. The minimum absolute atomic E-state index is 0.0226. The zero-order valence-corrected chi connectivity index (χ0v) is 13.8. The second-order valence-electron chi connectivity index (χ2n) is 5.50. The maximum Gasteiger partial charge on any atom is 0.338 e. The van der Waals surface area contributed by atoms with E-state index in [1.165, 1.54) is 5.56 Å². The van der Waals surface area contributed by atoms with Gasteiger partial charge in [0.2, 0.25) is 0 Å². The van der Waals surface area contributed by atoms with Crippen molar-refractivity contribution in [3.63, 3.8) is 0 Å². The Hall–Kier alpha value is -2.84. The summed E-state index contributed by atoms with van der Waals surface area (Å²) in [6, 6.07) is 10.1. The highest BCUT2D eigenvalue weighted by Crippen LogP contribution is 2.18. The average Bonchev–Trinajstić information content (AvgIpc) is 2.93. The number of carbonyl (C=O) groups is 2. The van der Waals surface area contributed by atoms with Gasteiger partial charge in [-0.05, 0) is 25.0 Å². The summed E-state index contributed by atoms with van der Waals surface area (Å²) in [7, 11) is 1.97. The molecule has 0 bridgehead atoms. The van der Waals surface area contributed by atoms with Gasteiger partial charge in [0, 0.05) is 12.1 Å². The Morgan fingerprint density at radius 3 is 2.62 bits per heavy atom. The van der Waals surface area contributed by atoms with E-state index in [0.717, 1.165) is 6.54 Å². The number of aromatic amines is 1. The first kappa shape index (κ1) is 17.5. The van der Waals surface area contributed by atoms with Gasteiger partial charge in [-0.3, -0.25) is 9.69 Å². The quantitative estimate of drug-likeness (QED) is 0.633. The molecule has 1 aromatic heterocycles. The van der Waals surface area contributed by atoms with E-state index in [2.05, 4.69) is 33.9 Å². The SMILES string of the molecule is CCc1c(C#CCN(C)Cc2ccccc2)[nH]c(C=O)c1C(=O)O. The molecule has 0 aliphatic heterocycles. The van der Waals surface area contributed by atoms with E-state index in [9.17, 15) is 14.7 Å². The number of nitrogens with one attached hydrogen (secondary N) is 1. The molecule has 0 radical (unpaired) electrons. The molecular weight excluding hydrogens is 304 g/mol. The number of carboxylic acid groups (broad SMARTS) is 1. The molecule has 0 spiro atoms. The summed E-state index contributed by atoms with van der Waals surface area (Å²) in [6.45, 7) is 3.16. The van der Waals surface area contributed by atoms with E-state index >= 15 is 0 Å². The number of hydrogen-bond acceptors (Lipinski definition) is 3. The van der Waals surface area contributed by atoms with Gasteiger partial charge in [-0.2, -0.15) is 0 Å². The van der Waals surface area contributed by atoms with Crippen molar-refractivity contribution in [2.75, 3.05) is 13.6 Å². The van der Waals surface area contributed by atoms with Crippen LogP contribution in [0.5, 0.6) is 0 Å². The third kappa shape index (κ3) is 4.12. The summed E-state index contributed by atoms with van der Waals surface area (Å²) in [4.78, 5) is 27.3. The second-order valence-corrected chi connectivity index (χ2v) is 5.50. The van der Waals surface area contributed by atoms with Gasteiger partial charge in [0.25, 0.3) is 0 Å². The number of aldehydes is 1. The second kappa shape index (κ2) is 8.14. The third-order valence-electron chi connectivity index (χ3n) is 3.68. The number of aromatic nitrogens is 1. The molecule has 1 aromatic carbocycles. The van der Waals surface area contributed by atoms with Crippen LogP contribution in [0.2, 0.25) is 0 Å². The fraction of sp³-hybridized carbons (Fsp3) is 0.263. The van der Waals surface area contributed by atoms with E-state index in [1.807, 2.05) is 32.2 Å². The maximum atomic E-state index is 11.3. The molecule has 0 amide bonds. The molecule has 0 aliphatic carbocycles. The first-order valence-electron chi connectivity index (χ1n) is 7.71. The predicted molar refractivity (Wildman–Crippen MR) is 92.2 cm³/mol. The molecule has 2 rings (SSSR count). The zero-order chi connectivity index (χ0) is 17.5. The minimum atomic E-state index is -1.11. The molecule has 2 aromatic rings. The van der Waals surface area contributed by atoms with Crippen molar-refractivity contribution in [2.24, 2.45) is 0 Å². The van der Waals surface area contributed by atoms with Crippen LogP contribution >= 0.6 is 0 Å². The zero-order valence-electron chi connectivity index (χ0n) is 13.8. The van der Waals surface area contributed by atoms with Gasteiger partial charge in [-0.25, -0.2) is 4.79 Å². The van der Waals surface area contributed by atoms with Crippen molar-refractivity contribution in [2.45, 2.75) is 19.9 Å². The molecule has 0 aliphatic rings. The number of carbonyl (C=O) groups excluding carboxylic acids is 1. The molecule has 2 N–H and O–H groups in total. The van der Waals surface area contributed by atoms with Crippen LogP contribution in [-0.4, -0.2) is 40.8 Å². The van der Waals surface area contributed by atoms with Crippen LogP contribution in [0.1, 0.15) is 44.6 Å². The molecule has 124 valence electrons. The molecule has 0 unspecified atom stereocenters. The van der Waals surface area contributed by atoms with E-state index in [0.29, 0.717) is 30.5 Å². The van der Waals surface area contributed by atoms with Gasteiger partial charge in [-0.1, -0.05) is 43.2 Å².